The molecule has 0 radical (unpaired) electrons. The summed E-state index contributed by atoms with van der Waals surface area (Å²) in [6.45, 7) is 0. The van der Waals surface area contributed by atoms with Gasteiger partial charge < -0.3 is 4.42 Å². The van der Waals surface area contributed by atoms with Gasteiger partial charge in [-0.25, -0.2) is 0 Å². The third-order valence-electron chi connectivity index (χ3n) is 7.60. The van der Waals surface area contributed by atoms with Gasteiger partial charge in [0, 0.05) is 16.3 Å². The van der Waals surface area contributed by atoms with E-state index in [1.807, 2.05) is 12.1 Å². The van der Waals surface area contributed by atoms with Crippen LogP contribution in [-0.2, 0) is 0 Å². The Hall–Kier alpha value is -5.13. The SMILES string of the molecule is N#Cc1cccc2c1oc1c(-c3cc4ccc5cc(-c6ccccc6)cc6ccc(c3)c4c56)cccc12. The number of para-hydroxylation sites is 2. The van der Waals surface area contributed by atoms with Crippen molar-refractivity contribution < 1.29 is 4.42 Å². The Bertz CT molecular complexity index is 2130. The number of hydrogen-bond acceptors (Lipinski definition) is 2. The first-order valence-corrected chi connectivity index (χ1v) is 12.4. The first-order valence-electron chi connectivity index (χ1n) is 12.4. The van der Waals surface area contributed by atoms with Crippen LogP contribution in [0.4, 0.5) is 0 Å². The van der Waals surface area contributed by atoms with Crippen molar-refractivity contribution in [3.8, 4) is 28.3 Å². The van der Waals surface area contributed by atoms with Gasteiger partial charge in [-0.1, -0.05) is 84.9 Å². The van der Waals surface area contributed by atoms with Gasteiger partial charge in [0.15, 0.2) is 5.58 Å². The molecule has 8 aromatic rings. The Morgan fingerprint density at radius 2 is 1.05 bits per heavy atom. The average molecular weight is 470 g/mol. The summed E-state index contributed by atoms with van der Waals surface area (Å²) in [4.78, 5) is 0. The highest BCUT2D eigenvalue weighted by Crippen LogP contribution is 2.42. The molecule has 0 aliphatic rings. The van der Waals surface area contributed by atoms with Gasteiger partial charge in [0.2, 0.25) is 0 Å². The molecule has 2 nitrogen and oxygen atoms in total. The van der Waals surface area contributed by atoms with E-state index in [9.17, 15) is 5.26 Å². The second-order valence-corrected chi connectivity index (χ2v) is 9.67. The minimum Gasteiger partial charge on any atom is -0.454 e. The Kier molecular flexibility index (Phi) is 4.04. The first-order chi connectivity index (χ1) is 18.3. The van der Waals surface area contributed by atoms with Crippen LogP contribution in [0.2, 0.25) is 0 Å². The molecule has 1 heterocycles. The molecule has 170 valence electrons. The van der Waals surface area contributed by atoms with E-state index in [4.69, 9.17) is 4.42 Å². The second-order valence-electron chi connectivity index (χ2n) is 9.67. The molecular formula is C35H19NO. The Morgan fingerprint density at radius 1 is 0.486 bits per heavy atom. The lowest BCUT2D eigenvalue weighted by molar-refractivity contribution is 0.668. The molecule has 0 saturated heterocycles. The lowest BCUT2D eigenvalue weighted by Crippen LogP contribution is -1.88. The van der Waals surface area contributed by atoms with Crippen molar-refractivity contribution in [3.63, 3.8) is 0 Å². The summed E-state index contributed by atoms with van der Waals surface area (Å²) in [5, 5.41) is 19.1. The predicted octanol–water partition coefficient (Wildman–Crippen LogP) is 9.69. The van der Waals surface area contributed by atoms with E-state index in [-0.39, 0.29) is 0 Å². The molecule has 0 spiro atoms. The number of hydrogen-bond donors (Lipinski definition) is 0. The van der Waals surface area contributed by atoms with Crippen LogP contribution in [0.3, 0.4) is 0 Å². The standard InChI is InChI=1S/C35H19NO/c36-20-26-8-4-10-30-31-11-5-9-29(35(31)37-34(26)30)28-18-24-14-12-22-16-27(21-6-2-1-3-7-21)17-23-13-15-25(19-28)33(24)32(22)23/h1-19H. The summed E-state index contributed by atoms with van der Waals surface area (Å²) < 4.78 is 6.34. The van der Waals surface area contributed by atoms with E-state index in [1.54, 1.807) is 6.07 Å². The maximum Gasteiger partial charge on any atom is 0.153 e. The number of fused-ring (bicyclic) bond motifs is 3. The number of nitrogens with zero attached hydrogens (tertiary/aromatic N) is 1. The molecule has 0 bridgehead atoms. The van der Waals surface area contributed by atoms with Gasteiger partial charge >= 0.3 is 0 Å². The third kappa shape index (κ3) is 2.86. The van der Waals surface area contributed by atoms with Gasteiger partial charge in [-0.2, -0.15) is 5.26 Å². The molecule has 0 atom stereocenters. The maximum absolute atomic E-state index is 9.59. The Labute approximate surface area is 212 Å². The fourth-order valence-corrected chi connectivity index (χ4v) is 5.93. The molecule has 0 unspecified atom stereocenters. The highest BCUT2D eigenvalue weighted by Gasteiger charge is 2.17. The molecule has 2 heteroatoms. The molecule has 0 aliphatic heterocycles. The second kappa shape index (κ2) is 7.43. The lowest BCUT2D eigenvalue weighted by Gasteiger charge is -2.14. The Balaban J connectivity index is 1.38. The zero-order chi connectivity index (χ0) is 24.5. The maximum atomic E-state index is 9.59. The molecule has 0 N–H and O–H groups in total. The minimum atomic E-state index is 0.560. The van der Waals surface area contributed by atoms with Crippen molar-refractivity contribution in [2.24, 2.45) is 0 Å². The van der Waals surface area contributed by atoms with Crippen molar-refractivity contribution >= 4 is 54.3 Å². The molecule has 8 rings (SSSR count). The topological polar surface area (TPSA) is 36.9 Å². The fourth-order valence-electron chi connectivity index (χ4n) is 5.93. The van der Waals surface area contributed by atoms with Crippen molar-refractivity contribution in [1.29, 1.82) is 5.26 Å². The number of nitriles is 1. The normalized spacial score (nSPS) is 11.8. The molecule has 0 saturated carbocycles. The smallest absolute Gasteiger partial charge is 0.153 e. The van der Waals surface area contributed by atoms with Gasteiger partial charge in [0.05, 0.1) is 5.56 Å². The van der Waals surface area contributed by atoms with Crippen molar-refractivity contribution in [2.45, 2.75) is 0 Å². The zero-order valence-electron chi connectivity index (χ0n) is 19.8. The van der Waals surface area contributed by atoms with Gasteiger partial charge in [0.25, 0.3) is 0 Å². The van der Waals surface area contributed by atoms with E-state index in [2.05, 4.69) is 103 Å². The van der Waals surface area contributed by atoms with Crippen LogP contribution in [0.15, 0.2) is 120 Å². The van der Waals surface area contributed by atoms with Crippen LogP contribution >= 0.6 is 0 Å². The van der Waals surface area contributed by atoms with Crippen molar-refractivity contribution in [3.05, 3.63) is 121 Å². The van der Waals surface area contributed by atoms with Gasteiger partial charge in [-0.05, 0) is 79.3 Å². The molecular weight excluding hydrogens is 450 g/mol. The van der Waals surface area contributed by atoms with Gasteiger partial charge in [-0.15, -0.1) is 0 Å². The van der Waals surface area contributed by atoms with Crippen molar-refractivity contribution in [2.75, 3.05) is 0 Å². The van der Waals surface area contributed by atoms with E-state index in [1.165, 1.54) is 43.4 Å². The quantitative estimate of drug-likeness (QED) is 0.236. The Morgan fingerprint density at radius 3 is 1.68 bits per heavy atom. The highest BCUT2D eigenvalue weighted by atomic mass is 16.3. The van der Waals surface area contributed by atoms with Crippen LogP contribution in [0, 0.1) is 11.3 Å². The van der Waals surface area contributed by atoms with E-state index >= 15 is 0 Å². The first kappa shape index (κ1) is 20.1. The molecule has 0 aliphatic carbocycles. The summed E-state index contributed by atoms with van der Waals surface area (Å²) >= 11 is 0. The average Bonchev–Trinajstić information content (AvgIpc) is 3.35. The van der Waals surface area contributed by atoms with Gasteiger partial charge in [-0.3, -0.25) is 0 Å². The summed E-state index contributed by atoms with van der Waals surface area (Å²) in [5.41, 5.74) is 6.65. The minimum absolute atomic E-state index is 0.560. The summed E-state index contributed by atoms with van der Waals surface area (Å²) in [5.74, 6) is 0. The van der Waals surface area contributed by atoms with E-state index in [0.717, 1.165) is 27.5 Å². The van der Waals surface area contributed by atoms with E-state index < -0.39 is 0 Å². The van der Waals surface area contributed by atoms with Gasteiger partial charge in [0.1, 0.15) is 11.7 Å². The van der Waals surface area contributed by atoms with Crippen LogP contribution in [0.25, 0.3) is 76.5 Å². The summed E-state index contributed by atoms with van der Waals surface area (Å²) in [6.07, 6.45) is 0. The number of furan rings is 1. The third-order valence-corrected chi connectivity index (χ3v) is 7.60. The summed E-state index contributed by atoms with van der Waals surface area (Å²) in [6, 6.07) is 42.9. The zero-order valence-corrected chi connectivity index (χ0v) is 19.8. The molecule has 37 heavy (non-hydrogen) atoms. The monoisotopic (exact) mass is 469 g/mol. The predicted molar refractivity (Wildman–Crippen MR) is 153 cm³/mol. The van der Waals surface area contributed by atoms with E-state index in [0.29, 0.717) is 11.1 Å². The lowest BCUT2D eigenvalue weighted by atomic mass is 9.89. The van der Waals surface area contributed by atoms with Crippen molar-refractivity contribution in [1.82, 2.24) is 0 Å². The fraction of sp³-hybridized carbons (Fsp3) is 0. The molecule has 0 fully saturated rings. The van der Waals surface area contributed by atoms with Crippen LogP contribution < -0.4 is 0 Å². The molecule has 0 amide bonds. The molecule has 1 aromatic heterocycles. The summed E-state index contributed by atoms with van der Waals surface area (Å²) in [7, 11) is 0. The van der Waals surface area contributed by atoms with Crippen LogP contribution in [0.5, 0.6) is 0 Å². The largest absolute Gasteiger partial charge is 0.454 e. The van der Waals surface area contributed by atoms with Crippen LogP contribution in [-0.4, -0.2) is 0 Å². The van der Waals surface area contributed by atoms with Crippen LogP contribution in [0.1, 0.15) is 5.56 Å². The number of benzene rings is 7. The highest BCUT2D eigenvalue weighted by molar-refractivity contribution is 6.25. The molecule has 7 aromatic carbocycles. The number of rotatable bonds is 2.